The van der Waals surface area contributed by atoms with Crippen LogP contribution in [-0.4, -0.2) is 62.4 Å². The van der Waals surface area contributed by atoms with E-state index in [0.717, 1.165) is 25.9 Å². The van der Waals surface area contributed by atoms with Crippen molar-refractivity contribution in [1.29, 1.82) is 0 Å². The summed E-state index contributed by atoms with van der Waals surface area (Å²) >= 11 is 0. The van der Waals surface area contributed by atoms with Crippen LogP contribution in [-0.2, 0) is 14.3 Å². The van der Waals surface area contributed by atoms with Crippen molar-refractivity contribution in [3.05, 3.63) is 0 Å². The van der Waals surface area contributed by atoms with Gasteiger partial charge < -0.3 is 19.7 Å². The molecule has 1 saturated heterocycles. The number of nitrogens with one attached hydrogen (secondary N) is 1. The first-order chi connectivity index (χ1) is 9.06. The largest absolute Gasteiger partial charge is 0.383 e. The zero-order chi connectivity index (χ0) is 14.3. The fraction of sp³-hybridized carbons (Fsp3) is 0.929. The van der Waals surface area contributed by atoms with Gasteiger partial charge in [-0.1, -0.05) is 13.8 Å². The summed E-state index contributed by atoms with van der Waals surface area (Å²) in [7, 11) is 1.66. The van der Waals surface area contributed by atoms with Gasteiger partial charge >= 0.3 is 0 Å². The molecule has 0 radical (unpaired) electrons. The Bertz CT molecular complexity index is 276. The van der Waals surface area contributed by atoms with Gasteiger partial charge in [-0.05, 0) is 19.8 Å². The van der Waals surface area contributed by atoms with Crippen LogP contribution in [0.25, 0.3) is 0 Å². The van der Waals surface area contributed by atoms with Crippen LogP contribution in [0.2, 0.25) is 0 Å². The summed E-state index contributed by atoms with van der Waals surface area (Å²) < 4.78 is 10.8. The molecule has 1 rings (SSSR count). The molecular formula is C14H28N2O3. The van der Waals surface area contributed by atoms with E-state index in [4.69, 9.17) is 9.47 Å². The molecule has 0 spiro atoms. The molecule has 1 N–H and O–H groups in total. The van der Waals surface area contributed by atoms with E-state index in [-0.39, 0.29) is 24.2 Å². The predicted octanol–water partition coefficient (Wildman–Crippen LogP) is 1.03. The Hall–Kier alpha value is -0.650. The summed E-state index contributed by atoms with van der Waals surface area (Å²) in [6, 6.07) is 0.276. The molecule has 1 fully saturated rings. The Kier molecular flexibility index (Phi) is 6.75. The van der Waals surface area contributed by atoms with Crippen LogP contribution in [0, 0.1) is 0 Å². The number of hydrogen-bond acceptors (Lipinski definition) is 4. The van der Waals surface area contributed by atoms with Crippen LogP contribution in [0.4, 0.5) is 0 Å². The summed E-state index contributed by atoms with van der Waals surface area (Å²) in [5, 5.41) is 3.16. The lowest BCUT2D eigenvalue weighted by Gasteiger charge is -2.39. The monoisotopic (exact) mass is 272 g/mol. The summed E-state index contributed by atoms with van der Waals surface area (Å²) in [6.45, 7) is 9.28. The highest BCUT2D eigenvalue weighted by Gasteiger charge is 2.34. The molecule has 0 saturated carbocycles. The fourth-order valence-corrected chi connectivity index (χ4v) is 2.33. The zero-order valence-corrected chi connectivity index (χ0v) is 12.7. The highest BCUT2D eigenvalue weighted by atomic mass is 16.5. The Balaban J connectivity index is 2.49. The molecule has 112 valence electrons. The van der Waals surface area contributed by atoms with Gasteiger partial charge in [0.2, 0.25) is 5.91 Å². The third-order valence-electron chi connectivity index (χ3n) is 3.78. The maximum atomic E-state index is 12.3. The first-order valence-electron chi connectivity index (χ1n) is 7.19. The van der Waals surface area contributed by atoms with Crippen molar-refractivity contribution >= 4 is 5.91 Å². The van der Waals surface area contributed by atoms with Crippen molar-refractivity contribution in [2.24, 2.45) is 0 Å². The molecule has 19 heavy (non-hydrogen) atoms. The second kappa shape index (κ2) is 7.82. The minimum atomic E-state index is -0.170. The zero-order valence-electron chi connectivity index (χ0n) is 12.7. The number of amides is 1. The number of nitrogens with zero attached hydrogens (tertiary/aromatic N) is 1. The van der Waals surface area contributed by atoms with Gasteiger partial charge in [0.15, 0.2) is 0 Å². The summed E-state index contributed by atoms with van der Waals surface area (Å²) in [5.41, 5.74) is -0.170. The lowest BCUT2D eigenvalue weighted by Crippen LogP contribution is -2.60. The molecule has 1 heterocycles. The lowest BCUT2D eigenvalue weighted by molar-refractivity contribution is -0.149. The first-order valence-corrected chi connectivity index (χ1v) is 7.19. The third-order valence-corrected chi connectivity index (χ3v) is 3.78. The highest BCUT2D eigenvalue weighted by molar-refractivity contribution is 5.77. The average Bonchev–Trinajstić information content (AvgIpc) is 2.38. The van der Waals surface area contributed by atoms with Crippen LogP contribution >= 0.6 is 0 Å². The van der Waals surface area contributed by atoms with Crippen molar-refractivity contribution in [2.45, 2.75) is 45.3 Å². The Labute approximate surface area is 116 Å². The smallest absolute Gasteiger partial charge is 0.248 e. The SMILES string of the molecule is CCC(CC)N(CCOC)C(=O)COC1(C)CNC1. The minimum absolute atomic E-state index is 0.0684. The molecule has 0 atom stereocenters. The van der Waals surface area contributed by atoms with E-state index in [2.05, 4.69) is 19.2 Å². The lowest BCUT2D eigenvalue weighted by atomic mass is 10.0. The van der Waals surface area contributed by atoms with Crippen molar-refractivity contribution in [2.75, 3.05) is 40.0 Å². The van der Waals surface area contributed by atoms with Crippen molar-refractivity contribution in [3.8, 4) is 0 Å². The van der Waals surface area contributed by atoms with Crippen molar-refractivity contribution in [3.63, 3.8) is 0 Å². The van der Waals surface area contributed by atoms with E-state index in [1.165, 1.54) is 0 Å². The number of methoxy groups -OCH3 is 1. The maximum absolute atomic E-state index is 12.3. The number of carbonyl (C=O) groups excluding carboxylic acids is 1. The molecule has 0 unspecified atom stereocenters. The predicted molar refractivity (Wildman–Crippen MR) is 75.2 cm³/mol. The summed E-state index contributed by atoms with van der Waals surface area (Å²) in [6.07, 6.45) is 1.93. The van der Waals surface area contributed by atoms with E-state index in [0.29, 0.717) is 13.2 Å². The van der Waals surface area contributed by atoms with Crippen LogP contribution < -0.4 is 5.32 Å². The topological polar surface area (TPSA) is 50.8 Å². The molecule has 1 aliphatic heterocycles. The van der Waals surface area contributed by atoms with E-state index in [1.54, 1.807) is 7.11 Å². The van der Waals surface area contributed by atoms with Gasteiger partial charge in [0, 0.05) is 32.8 Å². The second-order valence-corrected chi connectivity index (χ2v) is 5.39. The van der Waals surface area contributed by atoms with Crippen molar-refractivity contribution < 1.29 is 14.3 Å². The van der Waals surface area contributed by atoms with Crippen LogP contribution in [0.3, 0.4) is 0 Å². The van der Waals surface area contributed by atoms with Gasteiger partial charge in [-0.3, -0.25) is 4.79 Å². The van der Waals surface area contributed by atoms with Gasteiger partial charge in [0.25, 0.3) is 0 Å². The molecule has 0 aromatic rings. The summed E-state index contributed by atoms with van der Waals surface area (Å²) in [5.74, 6) is 0.0684. The normalized spacial score (nSPS) is 17.3. The van der Waals surface area contributed by atoms with Crippen molar-refractivity contribution in [1.82, 2.24) is 10.2 Å². The maximum Gasteiger partial charge on any atom is 0.248 e. The number of rotatable bonds is 9. The minimum Gasteiger partial charge on any atom is -0.383 e. The molecule has 0 aromatic carbocycles. The highest BCUT2D eigenvalue weighted by Crippen LogP contribution is 2.16. The van der Waals surface area contributed by atoms with Crippen LogP contribution in [0.1, 0.15) is 33.6 Å². The van der Waals surface area contributed by atoms with Gasteiger partial charge in [-0.15, -0.1) is 0 Å². The van der Waals surface area contributed by atoms with Gasteiger partial charge in [0.1, 0.15) is 6.61 Å². The van der Waals surface area contributed by atoms with E-state index >= 15 is 0 Å². The fourth-order valence-electron chi connectivity index (χ4n) is 2.33. The molecule has 0 aromatic heterocycles. The van der Waals surface area contributed by atoms with Gasteiger partial charge in [-0.25, -0.2) is 0 Å². The Morgan fingerprint density at radius 2 is 2.00 bits per heavy atom. The Morgan fingerprint density at radius 1 is 1.37 bits per heavy atom. The number of ether oxygens (including phenoxy) is 2. The number of carbonyl (C=O) groups is 1. The molecular weight excluding hydrogens is 244 g/mol. The average molecular weight is 272 g/mol. The summed E-state index contributed by atoms with van der Waals surface area (Å²) in [4.78, 5) is 14.2. The second-order valence-electron chi connectivity index (χ2n) is 5.39. The molecule has 0 aliphatic carbocycles. The molecule has 1 aliphatic rings. The Morgan fingerprint density at radius 3 is 2.42 bits per heavy atom. The third kappa shape index (κ3) is 4.75. The molecule has 1 amide bonds. The van der Waals surface area contributed by atoms with Gasteiger partial charge in [0.05, 0.1) is 12.2 Å². The van der Waals surface area contributed by atoms with Crippen LogP contribution in [0.15, 0.2) is 0 Å². The molecule has 5 nitrogen and oxygen atoms in total. The van der Waals surface area contributed by atoms with E-state index in [1.807, 2.05) is 11.8 Å². The standard InChI is InChI=1S/C14H28N2O3/c1-5-12(6-2)16(7-8-18-4)13(17)9-19-14(3)10-15-11-14/h12,15H,5-11H2,1-4H3. The first kappa shape index (κ1) is 16.4. The van der Waals surface area contributed by atoms with E-state index in [9.17, 15) is 4.79 Å². The van der Waals surface area contributed by atoms with E-state index < -0.39 is 0 Å². The quantitative estimate of drug-likeness (QED) is 0.681. The molecule has 5 heteroatoms. The van der Waals surface area contributed by atoms with Gasteiger partial charge in [-0.2, -0.15) is 0 Å². The molecule has 0 bridgehead atoms. The number of hydrogen-bond donors (Lipinski definition) is 1. The van der Waals surface area contributed by atoms with Crippen LogP contribution in [0.5, 0.6) is 0 Å².